The van der Waals surface area contributed by atoms with Crippen molar-refractivity contribution in [3.05, 3.63) is 41.2 Å². The third-order valence-electron chi connectivity index (χ3n) is 4.18. The summed E-state index contributed by atoms with van der Waals surface area (Å²) < 4.78 is 18.2. The van der Waals surface area contributed by atoms with Crippen molar-refractivity contribution in [3.8, 4) is 5.75 Å². The molecule has 0 saturated carbocycles. The first-order valence-corrected chi connectivity index (χ1v) is 8.68. The lowest BCUT2D eigenvalue weighted by Gasteiger charge is -2.28. The summed E-state index contributed by atoms with van der Waals surface area (Å²) in [6.07, 6.45) is 2.69. The van der Waals surface area contributed by atoms with E-state index in [-0.39, 0.29) is 25.0 Å². The SMILES string of the molecule is CCCNC(=O)CN1CCc2cc(OCC(=CF)CC)ccc2C1=O. The van der Waals surface area contributed by atoms with Gasteiger partial charge < -0.3 is 15.0 Å². The van der Waals surface area contributed by atoms with Crippen molar-refractivity contribution in [3.63, 3.8) is 0 Å². The van der Waals surface area contributed by atoms with Crippen molar-refractivity contribution in [1.82, 2.24) is 10.2 Å². The number of ether oxygens (including phenoxy) is 1. The van der Waals surface area contributed by atoms with Crippen LogP contribution in [-0.4, -0.2) is 43.0 Å². The molecule has 1 aromatic carbocycles. The molecule has 0 radical (unpaired) electrons. The van der Waals surface area contributed by atoms with Gasteiger partial charge in [0.2, 0.25) is 5.91 Å². The first kappa shape index (κ1) is 19.0. The van der Waals surface area contributed by atoms with Gasteiger partial charge in [0.15, 0.2) is 0 Å². The van der Waals surface area contributed by atoms with E-state index in [4.69, 9.17) is 4.74 Å². The highest BCUT2D eigenvalue weighted by Crippen LogP contribution is 2.24. The number of nitrogens with one attached hydrogen (secondary N) is 1. The number of fused-ring (bicyclic) bond motifs is 1. The molecule has 25 heavy (non-hydrogen) atoms. The third-order valence-corrected chi connectivity index (χ3v) is 4.18. The third kappa shape index (κ3) is 5.05. The molecule has 0 atom stereocenters. The molecule has 0 aliphatic carbocycles. The summed E-state index contributed by atoms with van der Waals surface area (Å²) in [4.78, 5) is 25.9. The predicted octanol–water partition coefficient (Wildman–Crippen LogP) is 2.85. The van der Waals surface area contributed by atoms with Crippen LogP contribution in [0.1, 0.15) is 42.6 Å². The van der Waals surface area contributed by atoms with E-state index in [0.717, 1.165) is 12.0 Å². The van der Waals surface area contributed by atoms with Gasteiger partial charge in [0.05, 0.1) is 12.9 Å². The molecule has 0 spiro atoms. The van der Waals surface area contributed by atoms with Gasteiger partial charge >= 0.3 is 0 Å². The maximum absolute atomic E-state index is 12.6. The van der Waals surface area contributed by atoms with E-state index in [9.17, 15) is 14.0 Å². The maximum atomic E-state index is 12.6. The molecule has 1 N–H and O–H groups in total. The van der Waals surface area contributed by atoms with Crippen LogP contribution in [0.5, 0.6) is 5.75 Å². The van der Waals surface area contributed by atoms with Gasteiger partial charge in [-0.25, -0.2) is 4.39 Å². The molecular weight excluding hydrogens is 323 g/mol. The summed E-state index contributed by atoms with van der Waals surface area (Å²) in [7, 11) is 0. The molecule has 136 valence electrons. The van der Waals surface area contributed by atoms with Crippen LogP contribution >= 0.6 is 0 Å². The fourth-order valence-corrected chi connectivity index (χ4v) is 2.63. The Morgan fingerprint density at radius 3 is 2.88 bits per heavy atom. The van der Waals surface area contributed by atoms with E-state index in [0.29, 0.717) is 49.1 Å². The molecular formula is C19H25FN2O3. The molecule has 0 fully saturated rings. The summed E-state index contributed by atoms with van der Waals surface area (Å²) in [5.74, 6) is 0.342. The van der Waals surface area contributed by atoms with E-state index in [1.165, 1.54) is 0 Å². The molecule has 2 amide bonds. The van der Waals surface area contributed by atoms with Crippen LogP contribution in [0.25, 0.3) is 0 Å². The molecule has 0 saturated heterocycles. The second-order valence-electron chi connectivity index (χ2n) is 6.06. The number of nitrogens with zero attached hydrogens (tertiary/aromatic N) is 1. The fourth-order valence-electron chi connectivity index (χ4n) is 2.63. The number of carbonyl (C=O) groups is 2. The molecule has 2 rings (SSSR count). The van der Waals surface area contributed by atoms with Gasteiger partial charge in [0.25, 0.3) is 5.91 Å². The van der Waals surface area contributed by atoms with Crippen LogP contribution in [0.2, 0.25) is 0 Å². The molecule has 6 heteroatoms. The summed E-state index contributed by atoms with van der Waals surface area (Å²) in [6.45, 7) is 5.24. The first-order valence-electron chi connectivity index (χ1n) is 8.68. The molecule has 0 bridgehead atoms. The zero-order valence-corrected chi connectivity index (χ0v) is 14.8. The van der Waals surface area contributed by atoms with Gasteiger partial charge in [-0.15, -0.1) is 0 Å². The number of benzene rings is 1. The second kappa shape index (κ2) is 9.20. The van der Waals surface area contributed by atoms with Gasteiger partial charge in [-0.1, -0.05) is 13.8 Å². The van der Waals surface area contributed by atoms with Crippen LogP contribution in [0.4, 0.5) is 4.39 Å². The maximum Gasteiger partial charge on any atom is 0.254 e. The Kier molecular flexibility index (Phi) is 6.98. The van der Waals surface area contributed by atoms with Crippen molar-refractivity contribution in [2.45, 2.75) is 33.1 Å². The van der Waals surface area contributed by atoms with Crippen molar-refractivity contribution >= 4 is 11.8 Å². The van der Waals surface area contributed by atoms with Crippen LogP contribution in [0.15, 0.2) is 30.1 Å². The predicted molar refractivity (Wildman–Crippen MR) is 94.3 cm³/mol. The quantitative estimate of drug-likeness (QED) is 0.786. The number of halogens is 1. The number of amides is 2. The standard InChI is InChI=1S/C19H25FN2O3/c1-3-8-21-18(23)12-22-9-7-15-10-16(5-6-17(15)19(22)24)25-13-14(4-2)11-20/h5-6,10-11H,3-4,7-9,12-13H2,1-2H3,(H,21,23). The van der Waals surface area contributed by atoms with Crippen LogP contribution in [0.3, 0.4) is 0 Å². The van der Waals surface area contributed by atoms with Gasteiger partial charge in [0.1, 0.15) is 12.4 Å². The van der Waals surface area contributed by atoms with Gasteiger partial charge in [0, 0.05) is 18.7 Å². The molecule has 5 nitrogen and oxygen atoms in total. The fraction of sp³-hybridized carbons (Fsp3) is 0.474. The number of hydrogen-bond donors (Lipinski definition) is 1. The number of hydrogen-bond acceptors (Lipinski definition) is 3. The second-order valence-corrected chi connectivity index (χ2v) is 6.06. The molecule has 0 unspecified atom stereocenters. The number of carbonyl (C=O) groups excluding carboxylic acids is 2. The highest BCUT2D eigenvalue weighted by molar-refractivity contribution is 5.98. The normalized spacial score (nSPS) is 14.3. The van der Waals surface area contributed by atoms with E-state index >= 15 is 0 Å². The zero-order valence-electron chi connectivity index (χ0n) is 14.8. The van der Waals surface area contributed by atoms with Crippen molar-refractivity contribution in [2.24, 2.45) is 0 Å². The van der Waals surface area contributed by atoms with Gasteiger partial charge in [-0.2, -0.15) is 0 Å². The van der Waals surface area contributed by atoms with Crippen LogP contribution in [0, 0.1) is 0 Å². The Hall–Kier alpha value is -2.37. The van der Waals surface area contributed by atoms with E-state index in [2.05, 4.69) is 5.32 Å². The summed E-state index contributed by atoms with van der Waals surface area (Å²) >= 11 is 0. The summed E-state index contributed by atoms with van der Waals surface area (Å²) in [5, 5.41) is 2.78. The van der Waals surface area contributed by atoms with E-state index in [1.54, 1.807) is 17.0 Å². The van der Waals surface area contributed by atoms with Crippen LogP contribution < -0.4 is 10.1 Å². The number of rotatable bonds is 8. The highest BCUT2D eigenvalue weighted by atomic mass is 19.1. The summed E-state index contributed by atoms with van der Waals surface area (Å²) in [6, 6.07) is 5.25. The zero-order chi connectivity index (χ0) is 18.2. The largest absolute Gasteiger partial charge is 0.489 e. The first-order chi connectivity index (χ1) is 12.1. The molecule has 1 aromatic rings. The van der Waals surface area contributed by atoms with Crippen LogP contribution in [-0.2, 0) is 11.2 Å². The Morgan fingerprint density at radius 2 is 2.20 bits per heavy atom. The van der Waals surface area contributed by atoms with Gasteiger partial charge in [-0.3, -0.25) is 9.59 Å². The lowest BCUT2D eigenvalue weighted by molar-refractivity contribution is -0.121. The Bertz CT molecular complexity index is 658. The Morgan fingerprint density at radius 1 is 1.40 bits per heavy atom. The smallest absolute Gasteiger partial charge is 0.254 e. The molecule has 1 aliphatic heterocycles. The van der Waals surface area contributed by atoms with Gasteiger partial charge in [-0.05, 0) is 48.6 Å². The van der Waals surface area contributed by atoms with Crippen molar-refractivity contribution in [1.29, 1.82) is 0 Å². The minimum atomic E-state index is -0.141. The monoisotopic (exact) mass is 348 g/mol. The average molecular weight is 348 g/mol. The van der Waals surface area contributed by atoms with Crippen molar-refractivity contribution in [2.75, 3.05) is 26.2 Å². The Labute approximate surface area is 147 Å². The molecule has 0 aromatic heterocycles. The Balaban J connectivity index is 2.01. The summed E-state index contributed by atoms with van der Waals surface area (Å²) in [5.41, 5.74) is 2.08. The van der Waals surface area contributed by atoms with E-state index < -0.39 is 0 Å². The average Bonchev–Trinajstić information content (AvgIpc) is 2.63. The minimum Gasteiger partial charge on any atom is -0.489 e. The lowest BCUT2D eigenvalue weighted by Crippen LogP contribution is -2.44. The van der Waals surface area contributed by atoms with Crippen molar-refractivity contribution < 1.29 is 18.7 Å². The van der Waals surface area contributed by atoms with E-state index in [1.807, 2.05) is 19.9 Å². The molecule has 1 heterocycles. The molecule has 1 aliphatic rings. The highest BCUT2D eigenvalue weighted by Gasteiger charge is 2.26. The lowest BCUT2D eigenvalue weighted by atomic mass is 9.98. The topological polar surface area (TPSA) is 58.6 Å². The minimum absolute atomic E-state index is 0.0810.